The monoisotopic (exact) mass is 228 g/mol. The van der Waals surface area contributed by atoms with Gasteiger partial charge in [-0.15, -0.1) is 0 Å². The quantitative estimate of drug-likeness (QED) is 0.746. The smallest absolute Gasteiger partial charge is 0.348 e. The summed E-state index contributed by atoms with van der Waals surface area (Å²) in [5.74, 6) is -0.286. The van der Waals surface area contributed by atoms with E-state index in [1.54, 1.807) is 19.1 Å². The van der Waals surface area contributed by atoms with Gasteiger partial charge in [-0.25, -0.2) is 4.79 Å². The Morgan fingerprint density at radius 1 is 1.40 bits per heavy atom. The summed E-state index contributed by atoms with van der Waals surface area (Å²) in [4.78, 5) is 11.9. The van der Waals surface area contributed by atoms with Crippen molar-refractivity contribution >= 4 is 17.3 Å². The second-order valence-corrected chi connectivity index (χ2v) is 5.10. The molecule has 3 nitrogen and oxygen atoms in total. The lowest BCUT2D eigenvalue weighted by Crippen LogP contribution is -2.22. The van der Waals surface area contributed by atoms with Gasteiger partial charge in [0.2, 0.25) is 0 Å². The molecule has 1 aromatic rings. The molecule has 0 fully saturated rings. The minimum absolute atomic E-state index is 0.239. The van der Waals surface area contributed by atoms with Crippen LogP contribution in [0.15, 0.2) is 12.1 Å². The van der Waals surface area contributed by atoms with Crippen molar-refractivity contribution in [2.45, 2.75) is 33.3 Å². The van der Waals surface area contributed by atoms with Gasteiger partial charge in [0.25, 0.3) is 0 Å². The van der Waals surface area contributed by atoms with Crippen molar-refractivity contribution in [3.8, 4) is 5.06 Å². The van der Waals surface area contributed by atoms with Gasteiger partial charge in [0.1, 0.15) is 10.5 Å². The lowest BCUT2D eigenvalue weighted by atomic mass is 10.2. The number of esters is 1. The van der Waals surface area contributed by atoms with Crippen LogP contribution < -0.4 is 4.74 Å². The van der Waals surface area contributed by atoms with Gasteiger partial charge in [0.05, 0.1) is 6.61 Å². The Labute approximate surface area is 94.0 Å². The van der Waals surface area contributed by atoms with E-state index in [1.165, 1.54) is 11.3 Å². The van der Waals surface area contributed by atoms with E-state index in [0.29, 0.717) is 11.5 Å². The predicted molar refractivity (Wildman–Crippen MR) is 60.7 cm³/mol. The highest BCUT2D eigenvalue weighted by Gasteiger charge is 2.15. The molecule has 1 aromatic heterocycles. The molecule has 0 amide bonds. The molecule has 4 heteroatoms. The predicted octanol–water partition coefficient (Wildman–Crippen LogP) is 3.10. The third-order valence-electron chi connectivity index (χ3n) is 1.46. The second-order valence-electron chi connectivity index (χ2n) is 4.05. The van der Waals surface area contributed by atoms with E-state index in [1.807, 2.05) is 20.8 Å². The average molecular weight is 228 g/mol. The molecule has 0 unspecified atom stereocenters. The fraction of sp³-hybridized carbons (Fsp3) is 0.545. The summed E-state index contributed by atoms with van der Waals surface area (Å²) in [7, 11) is 0. The van der Waals surface area contributed by atoms with Crippen LogP contribution in [0.4, 0.5) is 0 Å². The van der Waals surface area contributed by atoms with Crippen molar-refractivity contribution in [3.63, 3.8) is 0 Å². The summed E-state index contributed by atoms with van der Waals surface area (Å²) in [5.41, 5.74) is -0.239. The Bertz CT molecular complexity index is 336. The molecule has 0 aliphatic carbocycles. The Morgan fingerprint density at radius 2 is 2.07 bits per heavy atom. The second kappa shape index (κ2) is 4.66. The van der Waals surface area contributed by atoms with Crippen molar-refractivity contribution in [3.05, 3.63) is 17.0 Å². The molecule has 0 atom stereocenters. The van der Waals surface area contributed by atoms with E-state index in [9.17, 15) is 4.79 Å². The van der Waals surface area contributed by atoms with Crippen LogP contribution in [-0.4, -0.2) is 18.2 Å². The number of carbonyl (C=O) groups excluding carboxylic acids is 1. The molecule has 0 bridgehead atoms. The maximum Gasteiger partial charge on any atom is 0.348 e. The van der Waals surface area contributed by atoms with Crippen LogP contribution in [0.5, 0.6) is 5.06 Å². The van der Waals surface area contributed by atoms with Crippen molar-refractivity contribution in [2.24, 2.45) is 0 Å². The fourth-order valence-electron chi connectivity index (χ4n) is 0.989. The first-order chi connectivity index (χ1) is 6.92. The zero-order valence-electron chi connectivity index (χ0n) is 9.49. The maximum absolute atomic E-state index is 11.4. The van der Waals surface area contributed by atoms with E-state index < -0.39 is 0 Å². The van der Waals surface area contributed by atoms with Gasteiger partial charge in [0, 0.05) is 0 Å². The third-order valence-corrected chi connectivity index (χ3v) is 2.41. The molecule has 84 valence electrons. The fourth-order valence-corrected chi connectivity index (χ4v) is 1.91. The van der Waals surface area contributed by atoms with E-state index in [0.717, 1.165) is 5.06 Å². The van der Waals surface area contributed by atoms with E-state index in [4.69, 9.17) is 9.47 Å². The average Bonchev–Trinajstić information content (AvgIpc) is 2.50. The Kier molecular flexibility index (Phi) is 3.74. The van der Waals surface area contributed by atoms with E-state index >= 15 is 0 Å². The van der Waals surface area contributed by atoms with Gasteiger partial charge in [-0.2, -0.15) is 0 Å². The number of thiophene rings is 1. The van der Waals surface area contributed by atoms with Crippen LogP contribution in [0.25, 0.3) is 0 Å². The first-order valence-electron chi connectivity index (χ1n) is 4.88. The van der Waals surface area contributed by atoms with Crippen molar-refractivity contribution < 1.29 is 14.3 Å². The van der Waals surface area contributed by atoms with Crippen LogP contribution in [-0.2, 0) is 4.74 Å². The molecule has 1 heterocycles. The molecule has 15 heavy (non-hydrogen) atoms. The summed E-state index contributed by atoms with van der Waals surface area (Å²) in [6.07, 6.45) is 0. The molecule has 0 saturated carbocycles. The van der Waals surface area contributed by atoms with Gasteiger partial charge in [-0.3, -0.25) is 0 Å². The van der Waals surface area contributed by atoms with Gasteiger partial charge in [-0.1, -0.05) is 11.3 Å². The lowest BCUT2D eigenvalue weighted by molar-refractivity contribution is 0.0532. The van der Waals surface area contributed by atoms with E-state index in [2.05, 4.69) is 0 Å². The highest BCUT2D eigenvalue weighted by molar-refractivity contribution is 7.15. The van der Waals surface area contributed by atoms with Crippen LogP contribution >= 0.6 is 11.3 Å². The number of hydrogen-bond donors (Lipinski definition) is 0. The molecular formula is C11H16O3S. The minimum Gasteiger partial charge on any atom is -0.479 e. The topological polar surface area (TPSA) is 35.5 Å². The van der Waals surface area contributed by atoms with Gasteiger partial charge >= 0.3 is 5.97 Å². The van der Waals surface area contributed by atoms with Crippen LogP contribution in [0.3, 0.4) is 0 Å². The molecule has 0 N–H and O–H groups in total. The number of rotatable bonds is 3. The SMILES string of the molecule is CCOC(=O)c1ccc(OC(C)(C)C)s1. The highest BCUT2D eigenvalue weighted by Crippen LogP contribution is 2.28. The van der Waals surface area contributed by atoms with Gasteiger partial charge in [0.15, 0.2) is 5.06 Å². The summed E-state index contributed by atoms with van der Waals surface area (Å²) in [6, 6.07) is 3.52. The van der Waals surface area contributed by atoms with Gasteiger partial charge < -0.3 is 9.47 Å². The lowest BCUT2D eigenvalue weighted by Gasteiger charge is -2.19. The molecule has 1 rings (SSSR count). The molecule has 0 aliphatic rings. The Balaban J connectivity index is 2.68. The van der Waals surface area contributed by atoms with Crippen molar-refractivity contribution in [2.75, 3.05) is 6.61 Å². The Morgan fingerprint density at radius 3 is 2.60 bits per heavy atom. The molecule has 0 aliphatic heterocycles. The summed E-state index contributed by atoms with van der Waals surface area (Å²) in [5, 5.41) is 0.741. The van der Waals surface area contributed by atoms with Crippen molar-refractivity contribution in [1.29, 1.82) is 0 Å². The third kappa shape index (κ3) is 3.91. The summed E-state index contributed by atoms with van der Waals surface area (Å²) < 4.78 is 10.5. The van der Waals surface area contributed by atoms with Gasteiger partial charge in [-0.05, 0) is 39.8 Å². The Hall–Kier alpha value is -1.03. The first kappa shape index (κ1) is 12.0. The largest absolute Gasteiger partial charge is 0.479 e. The van der Waals surface area contributed by atoms with E-state index in [-0.39, 0.29) is 11.6 Å². The maximum atomic E-state index is 11.4. The molecule has 0 spiro atoms. The molecular weight excluding hydrogens is 212 g/mol. The standard InChI is InChI=1S/C11H16O3S/c1-5-13-10(12)8-6-7-9(15-8)14-11(2,3)4/h6-7H,5H2,1-4H3. The van der Waals surface area contributed by atoms with Crippen molar-refractivity contribution in [1.82, 2.24) is 0 Å². The molecule has 0 aromatic carbocycles. The zero-order chi connectivity index (χ0) is 11.5. The number of ether oxygens (including phenoxy) is 2. The number of hydrogen-bond acceptors (Lipinski definition) is 4. The summed E-state index contributed by atoms with van der Waals surface area (Å²) in [6.45, 7) is 8.09. The first-order valence-corrected chi connectivity index (χ1v) is 5.70. The normalized spacial score (nSPS) is 11.2. The molecule has 0 radical (unpaired) electrons. The zero-order valence-corrected chi connectivity index (χ0v) is 10.3. The van der Waals surface area contributed by atoms with Crippen LogP contribution in [0.2, 0.25) is 0 Å². The minimum atomic E-state index is -0.286. The number of carbonyl (C=O) groups is 1. The van der Waals surface area contributed by atoms with Crippen LogP contribution in [0.1, 0.15) is 37.4 Å². The van der Waals surface area contributed by atoms with Crippen LogP contribution in [0, 0.1) is 0 Å². The summed E-state index contributed by atoms with van der Waals surface area (Å²) >= 11 is 1.31. The molecule has 0 saturated heterocycles. The highest BCUT2D eigenvalue weighted by atomic mass is 32.1.